The number of anilines is 1. The highest BCUT2D eigenvalue weighted by molar-refractivity contribution is 6.31. The van der Waals surface area contributed by atoms with E-state index in [4.69, 9.17) is 21.6 Å². The number of fused-ring (bicyclic) bond motifs is 1. The molecule has 0 atom stereocenters. The van der Waals surface area contributed by atoms with Gasteiger partial charge in [0.1, 0.15) is 6.07 Å². The Kier molecular flexibility index (Phi) is 5.70. The minimum Gasteiger partial charge on any atom is -0.455 e. The molecule has 0 spiro atoms. The minimum absolute atomic E-state index is 0.0682. The number of hydrogen-bond acceptors (Lipinski definition) is 4. The summed E-state index contributed by atoms with van der Waals surface area (Å²) in [7, 11) is 0. The second kappa shape index (κ2) is 8.35. The summed E-state index contributed by atoms with van der Waals surface area (Å²) in [4.78, 5) is 24.0. The molecule has 134 valence electrons. The molecule has 5 nitrogen and oxygen atoms in total. The molecule has 0 aromatic heterocycles. The summed E-state index contributed by atoms with van der Waals surface area (Å²) in [6.45, 7) is -0.441. The number of esters is 1. The Morgan fingerprint density at radius 2 is 1.81 bits per heavy atom. The first-order chi connectivity index (χ1) is 13.0. The number of benzene rings is 3. The molecule has 1 N–H and O–H groups in total. The van der Waals surface area contributed by atoms with Crippen molar-refractivity contribution in [3.8, 4) is 6.07 Å². The van der Waals surface area contributed by atoms with E-state index in [-0.39, 0.29) is 17.7 Å². The second-order valence-corrected chi connectivity index (χ2v) is 6.31. The number of carbonyl (C=O) groups is 2. The van der Waals surface area contributed by atoms with Crippen LogP contribution in [0, 0.1) is 11.3 Å². The Morgan fingerprint density at radius 3 is 2.59 bits per heavy atom. The van der Waals surface area contributed by atoms with Gasteiger partial charge in [0.15, 0.2) is 6.61 Å². The molecule has 3 aromatic carbocycles. The molecule has 0 aliphatic carbocycles. The highest BCUT2D eigenvalue weighted by atomic mass is 35.5. The monoisotopic (exact) mass is 378 g/mol. The molecule has 1 amide bonds. The molecule has 0 bridgehead atoms. The maximum Gasteiger partial charge on any atom is 0.310 e. The molecule has 0 radical (unpaired) electrons. The van der Waals surface area contributed by atoms with Crippen LogP contribution in [-0.4, -0.2) is 18.5 Å². The normalized spacial score (nSPS) is 10.2. The SMILES string of the molecule is N#Cc1ccc(Cl)cc1NC(=O)COC(=O)Cc1ccc2ccccc2c1. The van der Waals surface area contributed by atoms with Gasteiger partial charge in [-0.05, 0) is 34.5 Å². The van der Waals surface area contributed by atoms with Gasteiger partial charge in [0, 0.05) is 5.02 Å². The third-order valence-electron chi connectivity index (χ3n) is 3.90. The smallest absolute Gasteiger partial charge is 0.310 e. The molecule has 0 unspecified atom stereocenters. The molecule has 0 fully saturated rings. The van der Waals surface area contributed by atoms with Gasteiger partial charge in [-0.2, -0.15) is 5.26 Å². The van der Waals surface area contributed by atoms with E-state index in [2.05, 4.69) is 5.32 Å². The molecule has 0 heterocycles. The standard InChI is InChI=1S/C21H15ClN2O3/c22-18-8-7-17(12-23)19(11-18)24-20(25)13-27-21(26)10-14-5-6-15-3-1-2-4-16(15)9-14/h1-9,11H,10,13H2,(H,24,25). The summed E-state index contributed by atoms with van der Waals surface area (Å²) >= 11 is 5.87. The van der Waals surface area contributed by atoms with Crippen molar-refractivity contribution in [1.29, 1.82) is 5.26 Å². The van der Waals surface area contributed by atoms with E-state index in [1.165, 1.54) is 12.1 Å². The number of rotatable bonds is 5. The summed E-state index contributed by atoms with van der Waals surface area (Å²) in [5.74, 6) is -1.05. The lowest BCUT2D eigenvalue weighted by atomic mass is 10.1. The van der Waals surface area contributed by atoms with Crippen molar-refractivity contribution in [2.75, 3.05) is 11.9 Å². The van der Waals surface area contributed by atoms with Gasteiger partial charge in [0.05, 0.1) is 17.7 Å². The second-order valence-electron chi connectivity index (χ2n) is 5.87. The molecule has 27 heavy (non-hydrogen) atoms. The van der Waals surface area contributed by atoms with Gasteiger partial charge in [-0.25, -0.2) is 0 Å². The lowest BCUT2D eigenvalue weighted by molar-refractivity contribution is -0.146. The molecule has 0 saturated heterocycles. The number of ether oxygens (including phenoxy) is 1. The third kappa shape index (κ3) is 4.84. The first-order valence-electron chi connectivity index (χ1n) is 8.18. The van der Waals surface area contributed by atoms with Crippen LogP contribution in [0.25, 0.3) is 10.8 Å². The Labute approximate surface area is 161 Å². The maximum atomic E-state index is 12.0. The number of amides is 1. The van der Waals surface area contributed by atoms with Crippen LogP contribution in [0.2, 0.25) is 5.02 Å². The molecule has 0 aliphatic rings. The zero-order valence-electron chi connectivity index (χ0n) is 14.2. The topological polar surface area (TPSA) is 79.2 Å². The van der Waals surface area contributed by atoms with E-state index >= 15 is 0 Å². The van der Waals surface area contributed by atoms with E-state index in [1.54, 1.807) is 6.07 Å². The van der Waals surface area contributed by atoms with Crippen LogP contribution in [0.4, 0.5) is 5.69 Å². The van der Waals surface area contributed by atoms with Crippen molar-refractivity contribution in [3.63, 3.8) is 0 Å². The van der Waals surface area contributed by atoms with E-state index in [0.29, 0.717) is 5.02 Å². The number of hydrogen-bond donors (Lipinski definition) is 1. The average Bonchev–Trinajstić information content (AvgIpc) is 2.66. The van der Waals surface area contributed by atoms with E-state index < -0.39 is 18.5 Å². The van der Waals surface area contributed by atoms with Crippen LogP contribution in [0.1, 0.15) is 11.1 Å². The number of carbonyl (C=O) groups excluding carboxylic acids is 2. The number of nitriles is 1. The van der Waals surface area contributed by atoms with Crippen LogP contribution in [0.15, 0.2) is 60.7 Å². The van der Waals surface area contributed by atoms with Gasteiger partial charge in [-0.15, -0.1) is 0 Å². The van der Waals surface area contributed by atoms with Crippen LogP contribution in [-0.2, 0) is 20.7 Å². The van der Waals surface area contributed by atoms with Crippen molar-refractivity contribution in [2.24, 2.45) is 0 Å². The Morgan fingerprint density at radius 1 is 1.04 bits per heavy atom. The van der Waals surface area contributed by atoms with Crippen molar-refractivity contribution in [3.05, 3.63) is 76.8 Å². The highest BCUT2D eigenvalue weighted by Gasteiger charge is 2.11. The molecule has 0 saturated carbocycles. The number of nitrogens with zero attached hydrogens (tertiary/aromatic N) is 1. The van der Waals surface area contributed by atoms with Gasteiger partial charge in [-0.1, -0.05) is 54.1 Å². The highest BCUT2D eigenvalue weighted by Crippen LogP contribution is 2.20. The largest absolute Gasteiger partial charge is 0.455 e. The Hall–Kier alpha value is -3.36. The van der Waals surface area contributed by atoms with Gasteiger partial charge in [0.25, 0.3) is 5.91 Å². The molecular formula is C21H15ClN2O3. The van der Waals surface area contributed by atoms with Crippen molar-refractivity contribution in [2.45, 2.75) is 6.42 Å². The minimum atomic E-state index is -0.541. The average molecular weight is 379 g/mol. The van der Waals surface area contributed by atoms with Gasteiger partial charge < -0.3 is 10.1 Å². The van der Waals surface area contributed by atoms with E-state index in [1.807, 2.05) is 48.5 Å². The quantitative estimate of drug-likeness (QED) is 0.678. The lowest BCUT2D eigenvalue weighted by Crippen LogP contribution is -2.22. The predicted octanol–water partition coefficient (Wildman–Crippen LogP) is 4.09. The summed E-state index contributed by atoms with van der Waals surface area (Å²) in [5, 5.41) is 14.1. The fraction of sp³-hybridized carbons (Fsp3) is 0.0952. The van der Waals surface area contributed by atoms with E-state index in [0.717, 1.165) is 16.3 Å². The Bertz CT molecular complexity index is 1060. The zero-order chi connectivity index (χ0) is 19.2. The molecule has 3 aromatic rings. The maximum absolute atomic E-state index is 12.0. The molecule has 6 heteroatoms. The van der Waals surface area contributed by atoms with Gasteiger partial charge in [-0.3, -0.25) is 9.59 Å². The molecule has 0 aliphatic heterocycles. The first kappa shape index (κ1) is 18.4. The Balaban J connectivity index is 1.56. The van der Waals surface area contributed by atoms with Gasteiger partial charge >= 0.3 is 5.97 Å². The van der Waals surface area contributed by atoms with Crippen LogP contribution >= 0.6 is 11.6 Å². The lowest BCUT2D eigenvalue weighted by Gasteiger charge is -2.09. The fourth-order valence-electron chi connectivity index (χ4n) is 2.62. The summed E-state index contributed by atoms with van der Waals surface area (Å²) in [6.07, 6.45) is 0.0682. The number of halogens is 1. The summed E-state index contributed by atoms with van der Waals surface area (Å²) in [5.41, 5.74) is 1.36. The van der Waals surface area contributed by atoms with Crippen molar-refractivity contribution >= 4 is 39.9 Å². The third-order valence-corrected chi connectivity index (χ3v) is 4.14. The fourth-order valence-corrected chi connectivity index (χ4v) is 2.79. The number of nitrogens with one attached hydrogen (secondary N) is 1. The first-order valence-corrected chi connectivity index (χ1v) is 8.56. The van der Waals surface area contributed by atoms with Crippen LogP contribution in [0.3, 0.4) is 0 Å². The van der Waals surface area contributed by atoms with Gasteiger partial charge in [0.2, 0.25) is 0 Å². The summed E-state index contributed by atoms with van der Waals surface area (Å²) < 4.78 is 5.03. The summed E-state index contributed by atoms with van der Waals surface area (Å²) in [6, 6.07) is 20.0. The predicted molar refractivity (Wildman–Crippen MR) is 103 cm³/mol. The van der Waals surface area contributed by atoms with Crippen LogP contribution in [0.5, 0.6) is 0 Å². The molecule has 3 rings (SSSR count). The zero-order valence-corrected chi connectivity index (χ0v) is 15.0. The van der Waals surface area contributed by atoms with Crippen LogP contribution < -0.4 is 5.32 Å². The van der Waals surface area contributed by atoms with Crippen molar-refractivity contribution in [1.82, 2.24) is 0 Å². The van der Waals surface area contributed by atoms with E-state index in [9.17, 15) is 9.59 Å². The molecular weight excluding hydrogens is 364 g/mol. The van der Waals surface area contributed by atoms with Crippen molar-refractivity contribution < 1.29 is 14.3 Å².